The number of nitrogens with zero attached hydrogens (tertiary/aromatic N) is 1. The Balaban J connectivity index is 0.000000980. The SMILES string of the molecule is CCOC(=N)C1(c2ccon2)CC1.Cl. The van der Waals surface area contributed by atoms with Gasteiger partial charge in [-0.05, 0) is 19.8 Å². The Morgan fingerprint density at radius 2 is 2.43 bits per heavy atom. The van der Waals surface area contributed by atoms with E-state index in [2.05, 4.69) is 5.16 Å². The van der Waals surface area contributed by atoms with Crippen LogP contribution in [-0.4, -0.2) is 17.7 Å². The minimum absolute atomic E-state index is 0. The zero-order valence-corrected chi connectivity index (χ0v) is 8.76. The summed E-state index contributed by atoms with van der Waals surface area (Å²) in [5.74, 6) is 0.323. The maximum Gasteiger partial charge on any atom is 0.193 e. The zero-order valence-electron chi connectivity index (χ0n) is 7.95. The number of ether oxygens (including phenoxy) is 1. The summed E-state index contributed by atoms with van der Waals surface area (Å²) in [7, 11) is 0. The molecule has 1 aromatic rings. The fourth-order valence-corrected chi connectivity index (χ4v) is 1.47. The van der Waals surface area contributed by atoms with Crippen LogP contribution in [0.1, 0.15) is 25.5 Å². The second kappa shape index (κ2) is 4.00. The molecule has 0 unspecified atom stereocenters. The van der Waals surface area contributed by atoms with Crippen LogP contribution in [-0.2, 0) is 10.2 Å². The minimum Gasteiger partial charge on any atom is -0.481 e. The highest BCUT2D eigenvalue weighted by Gasteiger charge is 2.52. The normalized spacial score (nSPS) is 16.9. The standard InChI is InChI=1S/C9H12N2O2.ClH/c1-2-12-8(10)9(4-5-9)7-3-6-13-11-7;/h3,6,10H,2,4-5H2,1H3;1H. The lowest BCUT2D eigenvalue weighted by Gasteiger charge is -2.12. The molecular formula is C9H13ClN2O2. The van der Waals surface area contributed by atoms with Gasteiger partial charge in [0.25, 0.3) is 0 Å². The van der Waals surface area contributed by atoms with E-state index in [9.17, 15) is 0 Å². The largest absolute Gasteiger partial charge is 0.481 e. The van der Waals surface area contributed by atoms with E-state index in [0.717, 1.165) is 18.5 Å². The summed E-state index contributed by atoms with van der Waals surface area (Å²) >= 11 is 0. The molecule has 78 valence electrons. The van der Waals surface area contributed by atoms with E-state index in [0.29, 0.717) is 12.5 Å². The summed E-state index contributed by atoms with van der Waals surface area (Å²) in [6.07, 6.45) is 3.42. The Hall–Kier alpha value is -1.03. The highest BCUT2D eigenvalue weighted by molar-refractivity contribution is 5.88. The lowest BCUT2D eigenvalue weighted by Crippen LogP contribution is -2.22. The first kappa shape index (κ1) is 11.0. The molecular weight excluding hydrogens is 204 g/mol. The minimum atomic E-state index is -0.261. The third-order valence-corrected chi connectivity index (χ3v) is 2.40. The molecule has 1 saturated carbocycles. The van der Waals surface area contributed by atoms with Crippen LogP contribution < -0.4 is 0 Å². The molecule has 1 heterocycles. The van der Waals surface area contributed by atoms with E-state index >= 15 is 0 Å². The van der Waals surface area contributed by atoms with E-state index in [4.69, 9.17) is 14.7 Å². The Labute approximate surface area is 88.5 Å². The van der Waals surface area contributed by atoms with Crippen molar-refractivity contribution in [3.8, 4) is 0 Å². The first-order valence-electron chi connectivity index (χ1n) is 4.42. The van der Waals surface area contributed by atoms with Crippen LogP contribution in [0.25, 0.3) is 0 Å². The van der Waals surface area contributed by atoms with Crippen LogP contribution in [0.4, 0.5) is 0 Å². The molecule has 0 spiro atoms. The van der Waals surface area contributed by atoms with Crippen LogP contribution >= 0.6 is 12.4 Å². The Morgan fingerprint density at radius 3 is 2.86 bits per heavy atom. The number of halogens is 1. The van der Waals surface area contributed by atoms with Crippen molar-refractivity contribution in [2.75, 3.05) is 6.61 Å². The van der Waals surface area contributed by atoms with Crippen molar-refractivity contribution in [1.82, 2.24) is 5.16 Å². The van der Waals surface area contributed by atoms with E-state index < -0.39 is 0 Å². The fraction of sp³-hybridized carbons (Fsp3) is 0.556. The molecule has 0 aliphatic heterocycles. The predicted octanol–water partition coefficient (Wildman–Crippen LogP) is 2.14. The molecule has 0 aromatic carbocycles. The van der Waals surface area contributed by atoms with Gasteiger partial charge in [0, 0.05) is 6.07 Å². The van der Waals surface area contributed by atoms with Crippen molar-refractivity contribution in [3.05, 3.63) is 18.0 Å². The Morgan fingerprint density at radius 1 is 1.71 bits per heavy atom. The second-order valence-corrected chi connectivity index (χ2v) is 3.23. The Bertz CT molecular complexity index is 307. The molecule has 1 aliphatic carbocycles. The van der Waals surface area contributed by atoms with Crippen LogP contribution in [0.3, 0.4) is 0 Å². The van der Waals surface area contributed by atoms with Gasteiger partial charge in [0.05, 0.1) is 17.7 Å². The first-order chi connectivity index (χ1) is 6.29. The van der Waals surface area contributed by atoms with Crippen molar-refractivity contribution in [3.63, 3.8) is 0 Å². The number of aromatic nitrogens is 1. The molecule has 1 N–H and O–H groups in total. The summed E-state index contributed by atoms with van der Waals surface area (Å²) in [5, 5.41) is 11.6. The third kappa shape index (κ3) is 1.62. The molecule has 0 bridgehead atoms. The summed E-state index contributed by atoms with van der Waals surface area (Å²) in [6.45, 7) is 2.42. The molecule has 1 aliphatic rings. The molecule has 0 atom stereocenters. The van der Waals surface area contributed by atoms with Gasteiger partial charge in [0.1, 0.15) is 6.26 Å². The second-order valence-electron chi connectivity index (χ2n) is 3.23. The van der Waals surface area contributed by atoms with Crippen LogP contribution in [0.2, 0.25) is 0 Å². The molecule has 2 rings (SSSR count). The van der Waals surface area contributed by atoms with Gasteiger partial charge >= 0.3 is 0 Å². The van der Waals surface area contributed by atoms with Crippen molar-refractivity contribution in [2.24, 2.45) is 0 Å². The highest BCUT2D eigenvalue weighted by Crippen LogP contribution is 2.48. The predicted molar refractivity (Wildman–Crippen MR) is 54.0 cm³/mol. The highest BCUT2D eigenvalue weighted by atomic mass is 35.5. The van der Waals surface area contributed by atoms with Gasteiger partial charge in [0.2, 0.25) is 0 Å². The molecule has 0 radical (unpaired) electrons. The monoisotopic (exact) mass is 216 g/mol. The number of hydrogen-bond acceptors (Lipinski definition) is 4. The third-order valence-electron chi connectivity index (χ3n) is 2.40. The lowest BCUT2D eigenvalue weighted by molar-refractivity contribution is 0.302. The van der Waals surface area contributed by atoms with Gasteiger partial charge in [-0.25, -0.2) is 0 Å². The van der Waals surface area contributed by atoms with E-state index in [1.807, 2.05) is 6.92 Å². The topological polar surface area (TPSA) is 59.1 Å². The molecule has 1 aromatic heterocycles. The molecule has 4 nitrogen and oxygen atoms in total. The average molecular weight is 217 g/mol. The maximum atomic E-state index is 7.73. The van der Waals surface area contributed by atoms with Gasteiger partial charge in [0.15, 0.2) is 5.90 Å². The van der Waals surface area contributed by atoms with Crippen LogP contribution in [0.5, 0.6) is 0 Å². The van der Waals surface area contributed by atoms with E-state index in [-0.39, 0.29) is 17.8 Å². The van der Waals surface area contributed by atoms with Gasteiger partial charge in [-0.1, -0.05) is 5.16 Å². The fourth-order valence-electron chi connectivity index (χ4n) is 1.47. The molecule has 0 saturated heterocycles. The maximum absolute atomic E-state index is 7.73. The number of hydrogen-bond donors (Lipinski definition) is 1. The van der Waals surface area contributed by atoms with Gasteiger partial charge < -0.3 is 9.26 Å². The van der Waals surface area contributed by atoms with Crippen molar-refractivity contribution in [1.29, 1.82) is 5.41 Å². The average Bonchev–Trinajstić information content (AvgIpc) is 2.76. The summed E-state index contributed by atoms with van der Waals surface area (Å²) in [4.78, 5) is 0. The van der Waals surface area contributed by atoms with Crippen LogP contribution in [0.15, 0.2) is 16.9 Å². The summed E-state index contributed by atoms with van der Waals surface area (Å²) in [6, 6.07) is 1.81. The van der Waals surface area contributed by atoms with E-state index in [1.165, 1.54) is 6.26 Å². The van der Waals surface area contributed by atoms with E-state index in [1.54, 1.807) is 6.07 Å². The van der Waals surface area contributed by atoms with Crippen LogP contribution in [0, 0.1) is 5.41 Å². The first-order valence-corrected chi connectivity index (χ1v) is 4.42. The summed E-state index contributed by atoms with van der Waals surface area (Å²) < 4.78 is 9.96. The van der Waals surface area contributed by atoms with Gasteiger partial charge in [-0.3, -0.25) is 5.41 Å². The Kier molecular flexibility index (Phi) is 3.16. The molecule has 5 heteroatoms. The zero-order chi connectivity index (χ0) is 9.31. The molecule has 0 amide bonds. The van der Waals surface area contributed by atoms with Gasteiger partial charge in [-0.15, -0.1) is 12.4 Å². The summed E-state index contributed by atoms with van der Waals surface area (Å²) in [5.41, 5.74) is 0.564. The molecule has 1 fully saturated rings. The van der Waals surface area contributed by atoms with Crippen molar-refractivity contribution in [2.45, 2.75) is 25.2 Å². The molecule has 14 heavy (non-hydrogen) atoms. The lowest BCUT2D eigenvalue weighted by atomic mass is 10.0. The van der Waals surface area contributed by atoms with Crippen molar-refractivity contribution < 1.29 is 9.26 Å². The number of nitrogens with one attached hydrogen (secondary N) is 1. The quantitative estimate of drug-likeness (QED) is 0.622. The van der Waals surface area contributed by atoms with Crippen molar-refractivity contribution >= 4 is 18.3 Å². The smallest absolute Gasteiger partial charge is 0.193 e. The number of rotatable bonds is 3. The van der Waals surface area contributed by atoms with Gasteiger partial charge in [-0.2, -0.15) is 0 Å².